The second kappa shape index (κ2) is 18.0. The summed E-state index contributed by atoms with van der Waals surface area (Å²) in [5.41, 5.74) is 2.09. The van der Waals surface area contributed by atoms with E-state index in [9.17, 15) is 14.4 Å². The maximum Gasteiger partial charge on any atom is 0.315 e. The van der Waals surface area contributed by atoms with Crippen molar-refractivity contribution >= 4 is 18.3 Å². The van der Waals surface area contributed by atoms with Gasteiger partial charge in [0, 0.05) is 37.4 Å². The Morgan fingerprint density at radius 2 is 1.48 bits per heavy atom. The fraction of sp³-hybridized carbons (Fsp3) is 0.500. The number of hydrogen-bond acceptors (Lipinski definition) is 10. The highest BCUT2D eigenvalue weighted by Crippen LogP contribution is 2.40. The van der Waals surface area contributed by atoms with Crippen molar-refractivity contribution in [3.63, 3.8) is 0 Å². The maximum atomic E-state index is 12.4. The fourth-order valence-electron chi connectivity index (χ4n) is 3.70. The van der Waals surface area contributed by atoms with Crippen molar-refractivity contribution in [2.75, 3.05) is 61.3 Å². The number of amides is 2. The lowest BCUT2D eigenvalue weighted by atomic mass is 9.95. The van der Waals surface area contributed by atoms with E-state index in [1.165, 1.54) is 7.11 Å². The molecule has 2 aromatic rings. The molecule has 0 bridgehead atoms. The molecule has 0 unspecified atom stereocenters. The normalized spacial score (nSPS) is 11.1. The van der Waals surface area contributed by atoms with Crippen LogP contribution in [0.4, 0.5) is 4.79 Å². The van der Waals surface area contributed by atoms with Crippen LogP contribution in [0.5, 0.6) is 11.5 Å². The molecule has 12 nitrogen and oxygen atoms in total. The van der Waals surface area contributed by atoms with Gasteiger partial charge in [-0.1, -0.05) is 6.07 Å². The van der Waals surface area contributed by atoms with E-state index in [1.54, 1.807) is 38.5 Å². The molecule has 0 atom stereocenters. The zero-order valence-electron chi connectivity index (χ0n) is 25.2. The summed E-state index contributed by atoms with van der Waals surface area (Å²) in [4.78, 5) is 36.7. The summed E-state index contributed by atoms with van der Waals surface area (Å²) in [6.07, 6.45) is 0.574. The Hall–Kier alpha value is -3.71. The van der Waals surface area contributed by atoms with Gasteiger partial charge in [0.05, 0.1) is 45.5 Å². The Labute approximate surface area is 246 Å². The third-order valence-corrected chi connectivity index (χ3v) is 5.60. The van der Waals surface area contributed by atoms with E-state index < -0.39 is 11.5 Å². The Morgan fingerprint density at radius 1 is 0.833 bits per heavy atom. The second-order valence-corrected chi connectivity index (χ2v) is 10.1. The van der Waals surface area contributed by atoms with Gasteiger partial charge in [-0.25, -0.2) is 4.79 Å². The predicted molar refractivity (Wildman–Crippen MR) is 155 cm³/mol. The van der Waals surface area contributed by atoms with E-state index in [1.807, 2.05) is 26.8 Å². The van der Waals surface area contributed by atoms with Crippen LogP contribution in [0.3, 0.4) is 0 Å². The first-order valence-corrected chi connectivity index (χ1v) is 13.4. The Bertz CT molecular complexity index is 1160. The van der Waals surface area contributed by atoms with E-state index in [0.29, 0.717) is 48.5 Å². The molecular weight excluding hydrogens is 548 g/mol. The van der Waals surface area contributed by atoms with Crippen LogP contribution in [0.1, 0.15) is 42.3 Å². The van der Waals surface area contributed by atoms with Gasteiger partial charge in [-0.05, 0) is 56.2 Å². The van der Waals surface area contributed by atoms with Crippen LogP contribution in [0.15, 0.2) is 30.3 Å². The fourth-order valence-corrected chi connectivity index (χ4v) is 3.70. The summed E-state index contributed by atoms with van der Waals surface area (Å²) in [5, 5.41) is 5.70. The number of hydrogen-bond donors (Lipinski definition) is 2. The topological polar surface area (TPSA) is 140 Å². The van der Waals surface area contributed by atoms with Crippen molar-refractivity contribution in [1.29, 1.82) is 0 Å². The van der Waals surface area contributed by atoms with Crippen molar-refractivity contribution in [1.82, 2.24) is 10.6 Å². The van der Waals surface area contributed by atoms with Gasteiger partial charge in [-0.15, -0.1) is 0 Å². The molecule has 0 saturated carbocycles. The van der Waals surface area contributed by atoms with Crippen LogP contribution in [-0.2, 0) is 41.4 Å². The largest absolute Gasteiger partial charge is 0.469 e. The Kier molecular flexibility index (Phi) is 14.7. The monoisotopic (exact) mass is 590 g/mol. The molecule has 0 aliphatic carbocycles. The molecule has 12 heteroatoms. The highest BCUT2D eigenvalue weighted by atomic mass is 16.7. The van der Waals surface area contributed by atoms with Crippen LogP contribution in [0, 0.1) is 0 Å². The molecule has 2 amide bonds. The molecule has 2 rings (SSSR count). The SMILES string of the molecule is COCCOCOc1ccc(CNC(=O)NC(C)(C)C)cc1-c1cc(CC(=O)OC)cc(C=O)c1OCOCCOC. The van der Waals surface area contributed by atoms with Crippen molar-refractivity contribution in [3.8, 4) is 22.6 Å². The van der Waals surface area contributed by atoms with Crippen LogP contribution in [0.2, 0.25) is 0 Å². The number of aldehydes is 1. The van der Waals surface area contributed by atoms with Crippen molar-refractivity contribution in [3.05, 3.63) is 47.0 Å². The highest BCUT2D eigenvalue weighted by molar-refractivity contribution is 5.89. The second-order valence-electron chi connectivity index (χ2n) is 10.1. The number of rotatable bonds is 18. The van der Waals surface area contributed by atoms with Gasteiger partial charge in [0.1, 0.15) is 11.5 Å². The van der Waals surface area contributed by atoms with E-state index in [2.05, 4.69) is 10.6 Å². The van der Waals surface area contributed by atoms with Gasteiger partial charge < -0.3 is 43.8 Å². The molecule has 0 spiro atoms. The maximum absolute atomic E-state index is 12.4. The molecule has 2 aromatic carbocycles. The van der Waals surface area contributed by atoms with Crippen LogP contribution < -0.4 is 20.1 Å². The number of carbonyl (C=O) groups excluding carboxylic acids is 3. The summed E-state index contributed by atoms with van der Waals surface area (Å²) >= 11 is 0. The molecule has 0 heterocycles. The number of carbonyl (C=O) groups is 3. The van der Waals surface area contributed by atoms with Crippen molar-refractivity contribution in [2.45, 2.75) is 39.3 Å². The molecule has 0 radical (unpaired) electrons. The van der Waals surface area contributed by atoms with E-state index in [-0.39, 0.29) is 50.5 Å². The number of esters is 1. The number of ether oxygens (including phenoxy) is 7. The zero-order chi connectivity index (χ0) is 31.0. The lowest BCUT2D eigenvalue weighted by Crippen LogP contribution is -2.46. The number of urea groups is 1. The first-order valence-electron chi connectivity index (χ1n) is 13.4. The molecule has 0 aliphatic heterocycles. The molecule has 2 N–H and O–H groups in total. The van der Waals surface area contributed by atoms with Gasteiger partial charge in [-0.2, -0.15) is 0 Å². The summed E-state index contributed by atoms with van der Waals surface area (Å²) in [6.45, 7) is 7.02. The summed E-state index contributed by atoms with van der Waals surface area (Å²) in [5.74, 6) is 0.185. The van der Waals surface area contributed by atoms with Gasteiger partial charge in [0.2, 0.25) is 0 Å². The Balaban J connectivity index is 2.55. The minimum Gasteiger partial charge on any atom is -0.469 e. The van der Waals surface area contributed by atoms with E-state index in [0.717, 1.165) is 5.56 Å². The van der Waals surface area contributed by atoms with Gasteiger partial charge in [0.15, 0.2) is 19.9 Å². The summed E-state index contributed by atoms with van der Waals surface area (Å²) in [6, 6.07) is 8.32. The van der Waals surface area contributed by atoms with Gasteiger partial charge in [0.25, 0.3) is 0 Å². The molecular formula is C30H42N2O10. The zero-order valence-corrected chi connectivity index (χ0v) is 25.2. The summed E-state index contributed by atoms with van der Waals surface area (Å²) < 4.78 is 37.7. The number of benzene rings is 2. The smallest absolute Gasteiger partial charge is 0.315 e. The number of methoxy groups -OCH3 is 3. The van der Waals surface area contributed by atoms with E-state index >= 15 is 0 Å². The quantitative estimate of drug-likeness (QED) is 0.115. The molecule has 42 heavy (non-hydrogen) atoms. The number of nitrogens with one attached hydrogen (secondary N) is 2. The lowest BCUT2D eigenvalue weighted by Gasteiger charge is -2.21. The summed E-state index contributed by atoms with van der Waals surface area (Å²) in [7, 11) is 4.42. The van der Waals surface area contributed by atoms with Crippen LogP contribution >= 0.6 is 0 Å². The minimum atomic E-state index is -0.472. The third-order valence-electron chi connectivity index (χ3n) is 5.60. The first-order chi connectivity index (χ1) is 20.1. The standard InChI is InChI=1S/C30H42N2O10/c1-30(2,3)32-29(35)31-17-21-7-8-26(41-19-39-11-9-36-4)24(14-21)25-15-22(16-27(34)38-6)13-23(18-33)28(25)42-20-40-12-10-37-5/h7-8,13-15,18H,9-12,16-17,19-20H2,1-6H3,(H2,31,32,35). The average molecular weight is 591 g/mol. The molecule has 0 fully saturated rings. The first kappa shape index (κ1) is 34.5. The Morgan fingerprint density at radius 3 is 2.07 bits per heavy atom. The van der Waals surface area contributed by atoms with Crippen LogP contribution in [-0.4, -0.2) is 85.2 Å². The predicted octanol–water partition coefficient (Wildman–Crippen LogP) is 3.48. The van der Waals surface area contributed by atoms with Gasteiger partial charge in [-0.3, -0.25) is 9.59 Å². The highest BCUT2D eigenvalue weighted by Gasteiger charge is 2.20. The van der Waals surface area contributed by atoms with Gasteiger partial charge >= 0.3 is 12.0 Å². The minimum absolute atomic E-state index is 0.0688. The van der Waals surface area contributed by atoms with E-state index in [4.69, 9.17) is 33.2 Å². The molecule has 232 valence electrons. The van der Waals surface area contributed by atoms with Crippen LogP contribution in [0.25, 0.3) is 11.1 Å². The molecule has 0 aliphatic rings. The third kappa shape index (κ3) is 12.0. The van der Waals surface area contributed by atoms with Crippen molar-refractivity contribution < 1.29 is 47.5 Å². The molecule has 0 aromatic heterocycles. The van der Waals surface area contributed by atoms with Crippen molar-refractivity contribution in [2.24, 2.45) is 0 Å². The molecule has 0 saturated heterocycles. The average Bonchev–Trinajstić information content (AvgIpc) is 2.95. The lowest BCUT2D eigenvalue weighted by molar-refractivity contribution is -0.139.